The highest BCUT2D eigenvalue weighted by Crippen LogP contribution is 2.26. The van der Waals surface area contributed by atoms with Gasteiger partial charge in [0.2, 0.25) is 10.0 Å². The van der Waals surface area contributed by atoms with Gasteiger partial charge < -0.3 is 0 Å². The fourth-order valence-electron chi connectivity index (χ4n) is 3.85. The lowest BCUT2D eigenvalue weighted by Crippen LogP contribution is -2.39. The predicted octanol–water partition coefficient (Wildman–Crippen LogP) is 4.57. The van der Waals surface area contributed by atoms with E-state index in [-0.39, 0.29) is 18.0 Å². The lowest BCUT2D eigenvalue weighted by atomic mass is 10.1. The molecule has 0 heterocycles. The molecule has 34 heavy (non-hydrogen) atoms. The second kappa shape index (κ2) is 10.8. The Morgan fingerprint density at radius 2 is 1.38 bits per heavy atom. The Morgan fingerprint density at radius 1 is 0.853 bits per heavy atom. The SMILES string of the molecule is Cc1ccc(C=NNC(=O)CN(Cc2ccc(C)cc2)S(=O)(=O)c2c(C)cc(C)cc2C)cc1. The number of rotatable bonds is 8. The van der Waals surface area contributed by atoms with E-state index in [1.165, 1.54) is 10.5 Å². The van der Waals surface area contributed by atoms with Crippen LogP contribution in [0.15, 0.2) is 70.7 Å². The van der Waals surface area contributed by atoms with Gasteiger partial charge in [-0.05, 0) is 56.9 Å². The van der Waals surface area contributed by atoms with Crippen LogP contribution in [-0.2, 0) is 21.4 Å². The van der Waals surface area contributed by atoms with Crippen LogP contribution in [0.4, 0.5) is 0 Å². The third-order valence-electron chi connectivity index (χ3n) is 5.48. The molecular weight excluding hydrogens is 446 g/mol. The normalized spacial score (nSPS) is 11.8. The van der Waals surface area contributed by atoms with Crippen molar-refractivity contribution < 1.29 is 13.2 Å². The Bertz CT molecular complexity index is 1270. The largest absolute Gasteiger partial charge is 0.272 e. The van der Waals surface area contributed by atoms with Crippen LogP contribution in [0.5, 0.6) is 0 Å². The number of amides is 1. The van der Waals surface area contributed by atoms with Crippen LogP contribution in [-0.4, -0.2) is 31.4 Å². The number of carbonyl (C=O) groups excluding carboxylic acids is 1. The number of hydrazone groups is 1. The van der Waals surface area contributed by atoms with Gasteiger partial charge in [-0.25, -0.2) is 13.8 Å². The van der Waals surface area contributed by atoms with E-state index in [4.69, 9.17) is 0 Å². The zero-order valence-corrected chi connectivity index (χ0v) is 21.1. The van der Waals surface area contributed by atoms with Gasteiger partial charge in [0.15, 0.2) is 0 Å². The molecule has 0 unspecified atom stereocenters. The van der Waals surface area contributed by atoms with Crippen LogP contribution in [0.3, 0.4) is 0 Å². The highest BCUT2D eigenvalue weighted by Gasteiger charge is 2.30. The van der Waals surface area contributed by atoms with Gasteiger partial charge >= 0.3 is 0 Å². The molecule has 0 saturated carbocycles. The van der Waals surface area contributed by atoms with E-state index in [0.717, 1.165) is 27.8 Å². The van der Waals surface area contributed by atoms with Gasteiger partial charge in [0, 0.05) is 6.54 Å². The first-order valence-corrected chi connectivity index (χ1v) is 12.5. The van der Waals surface area contributed by atoms with Crippen LogP contribution in [0.25, 0.3) is 0 Å². The van der Waals surface area contributed by atoms with Crippen molar-refractivity contribution in [1.29, 1.82) is 0 Å². The van der Waals surface area contributed by atoms with Crippen molar-refractivity contribution in [1.82, 2.24) is 9.73 Å². The number of hydrogen-bond acceptors (Lipinski definition) is 4. The second-order valence-electron chi connectivity index (χ2n) is 8.69. The summed E-state index contributed by atoms with van der Waals surface area (Å²) in [6.45, 7) is 9.17. The molecule has 3 aromatic rings. The summed E-state index contributed by atoms with van der Waals surface area (Å²) >= 11 is 0. The van der Waals surface area contributed by atoms with Gasteiger partial charge in [-0.2, -0.15) is 9.41 Å². The molecule has 0 aromatic heterocycles. The average Bonchev–Trinajstić information content (AvgIpc) is 2.75. The zero-order chi connectivity index (χ0) is 24.9. The monoisotopic (exact) mass is 477 g/mol. The number of hydrogen-bond donors (Lipinski definition) is 1. The molecule has 0 aliphatic rings. The molecule has 0 radical (unpaired) electrons. The maximum atomic E-state index is 13.7. The van der Waals surface area contributed by atoms with Gasteiger partial charge in [-0.15, -0.1) is 0 Å². The third kappa shape index (κ3) is 6.40. The van der Waals surface area contributed by atoms with Crippen molar-refractivity contribution in [2.45, 2.75) is 46.1 Å². The summed E-state index contributed by atoms with van der Waals surface area (Å²) in [5, 5.41) is 4.00. The number of benzene rings is 3. The topological polar surface area (TPSA) is 78.8 Å². The van der Waals surface area contributed by atoms with E-state index < -0.39 is 15.9 Å². The van der Waals surface area contributed by atoms with Gasteiger partial charge in [0.05, 0.1) is 17.7 Å². The van der Waals surface area contributed by atoms with Crippen LogP contribution < -0.4 is 5.43 Å². The Kier molecular flexibility index (Phi) is 8.02. The number of nitrogens with one attached hydrogen (secondary N) is 1. The van der Waals surface area contributed by atoms with Gasteiger partial charge in [-0.3, -0.25) is 4.79 Å². The Morgan fingerprint density at radius 3 is 1.94 bits per heavy atom. The number of sulfonamides is 1. The first-order valence-electron chi connectivity index (χ1n) is 11.1. The summed E-state index contributed by atoms with van der Waals surface area (Å²) in [6, 6.07) is 19.0. The summed E-state index contributed by atoms with van der Waals surface area (Å²) in [5.41, 5.74) is 8.59. The average molecular weight is 478 g/mol. The Hall–Kier alpha value is -3.29. The molecule has 178 valence electrons. The Labute approximate surface area is 202 Å². The second-order valence-corrected chi connectivity index (χ2v) is 10.6. The molecule has 3 rings (SSSR count). The van der Waals surface area contributed by atoms with Crippen LogP contribution in [0.1, 0.15) is 38.9 Å². The van der Waals surface area contributed by atoms with Crippen molar-refractivity contribution in [2.24, 2.45) is 5.10 Å². The zero-order valence-electron chi connectivity index (χ0n) is 20.3. The lowest BCUT2D eigenvalue weighted by Gasteiger charge is -2.24. The van der Waals surface area contributed by atoms with E-state index in [2.05, 4.69) is 10.5 Å². The summed E-state index contributed by atoms with van der Waals surface area (Å²) in [7, 11) is -3.94. The smallest absolute Gasteiger partial charge is 0.255 e. The van der Waals surface area contributed by atoms with Crippen molar-refractivity contribution in [2.75, 3.05) is 6.54 Å². The molecule has 0 aliphatic heterocycles. The quantitative estimate of drug-likeness (QED) is 0.381. The summed E-state index contributed by atoms with van der Waals surface area (Å²) in [5.74, 6) is -0.513. The van der Waals surface area contributed by atoms with Crippen molar-refractivity contribution >= 4 is 22.1 Å². The van der Waals surface area contributed by atoms with Crippen LogP contribution in [0, 0.1) is 34.6 Å². The fraction of sp³-hybridized carbons (Fsp3) is 0.259. The molecule has 1 amide bonds. The first kappa shape index (κ1) is 25.3. The molecular formula is C27H31N3O3S. The van der Waals surface area contributed by atoms with Gasteiger partial charge in [0.25, 0.3) is 5.91 Å². The molecule has 6 nitrogen and oxygen atoms in total. The van der Waals surface area contributed by atoms with Gasteiger partial charge in [-0.1, -0.05) is 77.4 Å². The molecule has 0 fully saturated rings. The standard InChI is InChI=1S/C27H31N3O3S/c1-19-6-10-24(11-7-19)16-28-29-26(31)18-30(17-25-12-8-20(2)9-13-25)34(32,33)27-22(4)14-21(3)15-23(27)5/h6-16H,17-18H2,1-5H3,(H,29,31). The summed E-state index contributed by atoms with van der Waals surface area (Å²) < 4.78 is 28.7. The van der Waals surface area contributed by atoms with Crippen molar-refractivity contribution in [3.63, 3.8) is 0 Å². The molecule has 0 spiro atoms. The van der Waals surface area contributed by atoms with Crippen molar-refractivity contribution in [3.05, 3.63) is 99.6 Å². The Balaban J connectivity index is 1.86. The molecule has 1 N–H and O–H groups in total. The minimum atomic E-state index is -3.94. The highest BCUT2D eigenvalue weighted by atomic mass is 32.2. The van der Waals surface area contributed by atoms with E-state index in [1.54, 1.807) is 13.8 Å². The maximum absolute atomic E-state index is 13.7. The third-order valence-corrected chi connectivity index (χ3v) is 7.58. The highest BCUT2D eigenvalue weighted by molar-refractivity contribution is 7.89. The molecule has 0 saturated heterocycles. The van der Waals surface area contributed by atoms with E-state index in [9.17, 15) is 13.2 Å². The molecule has 7 heteroatoms. The van der Waals surface area contributed by atoms with E-state index in [0.29, 0.717) is 11.1 Å². The first-order chi connectivity index (χ1) is 16.1. The number of aryl methyl sites for hydroxylation is 5. The summed E-state index contributed by atoms with van der Waals surface area (Å²) in [4.78, 5) is 13.0. The molecule has 0 atom stereocenters. The molecule has 0 bridgehead atoms. The molecule has 3 aromatic carbocycles. The summed E-state index contributed by atoms with van der Waals surface area (Å²) in [6.07, 6.45) is 1.53. The number of carbonyl (C=O) groups is 1. The van der Waals surface area contributed by atoms with E-state index in [1.807, 2.05) is 81.4 Å². The minimum Gasteiger partial charge on any atom is -0.272 e. The van der Waals surface area contributed by atoms with Crippen LogP contribution >= 0.6 is 0 Å². The van der Waals surface area contributed by atoms with Crippen molar-refractivity contribution in [3.8, 4) is 0 Å². The fourth-order valence-corrected chi connectivity index (χ4v) is 5.65. The van der Waals surface area contributed by atoms with Crippen LogP contribution in [0.2, 0.25) is 0 Å². The molecule has 0 aliphatic carbocycles. The number of nitrogens with zero attached hydrogens (tertiary/aromatic N) is 2. The maximum Gasteiger partial charge on any atom is 0.255 e. The lowest BCUT2D eigenvalue weighted by molar-refractivity contribution is -0.121. The van der Waals surface area contributed by atoms with E-state index >= 15 is 0 Å². The van der Waals surface area contributed by atoms with Gasteiger partial charge in [0.1, 0.15) is 0 Å². The minimum absolute atomic E-state index is 0.0739. The predicted molar refractivity (Wildman–Crippen MR) is 136 cm³/mol.